The Balaban J connectivity index is 3.10. The third kappa shape index (κ3) is 9.53. The van der Waals surface area contributed by atoms with Crippen LogP contribution >= 0.6 is 0 Å². The molecule has 0 saturated carbocycles. The van der Waals surface area contributed by atoms with Crippen molar-refractivity contribution in [2.24, 2.45) is 5.73 Å². The van der Waals surface area contributed by atoms with E-state index in [1.165, 1.54) is 25.1 Å². The van der Waals surface area contributed by atoms with Gasteiger partial charge in [0.25, 0.3) is 0 Å². The summed E-state index contributed by atoms with van der Waals surface area (Å²) in [4.78, 5) is 47.1. The summed E-state index contributed by atoms with van der Waals surface area (Å²) >= 11 is 0. The normalized spacial score (nSPS) is 13.1. The highest BCUT2D eigenvalue weighted by atomic mass is 16.7. The molecule has 0 bridgehead atoms. The lowest BCUT2D eigenvalue weighted by molar-refractivity contribution is -0.144. The fourth-order valence-electron chi connectivity index (χ4n) is 2.84. The second-order valence-electron chi connectivity index (χ2n) is 7.22. The molecular formula is C22H31NO11. The number of carboxylic acids is 1. The molecule has 0 radical (unpaired) electrons. The van der Waals surface area contributed by atoms with E-state index in [2.05, 4.69) is 0 Å². The molecule has 0 fully saturated rings. The highest BCUT2D eigenvalue weighted by Gasteiger charge is 2.37. The molecular weight excluding hydrogens is 454 g/mol. The molecule has 2 atom stereocenters. The molecule has 0 saturated heterocycles. The van der Waals surface area contributed by atoms with E-state index in [0.717, 1.165) is 0 Å². The first-order valence-corrected chi connectivity index (χ1v) is 10.7. The van der Waals surface area contributed by atoms with E-state index in [4.69, 9.17) is 34.2 Å². The lowest BCUT2D eigenvalue weighted by Gasteiger charge is -2.28. The van der Waals surface area contributed by atoms with Crippen LogP contribution in [-0.2, 0) is 30.2 Å². The van der Waals surface area contributed by atoms with Crippen molar-refractivity contribution in [2.45, 2.75) is 58.6 Å². The Morgan fingerprint density at radius 3 is 2.06 bits per heavy atom. The molecule has 1 aromatic rings. The van der Waals surface area contributed by atoms with Gasteiger partial charge in [-0.05, 0) is 44.9 Å². The Hall–Kier alpha value is -3.54. The molecule has 190 valence electrons. The monoisotopic (exact) mass is 485 g/mol. The van der Waals surface area contributed by atoms with Gasteiger partial charge in [-0.15, -0.1) is 0 Å². The van der Waals surface area contributed by atoms with Crippen molar-refractivity contribution in [3.8, 4) is 11.5 Å². The number of carbonyl (C=O) groups excluding carboxylic acids is 3. The average molecular weight is 485 g/mol. The van der Waals surface area contributed by atoms with Gasteiger partial charge in [0.15, 0.2) is 11.5 Å². The molecule has 0 aliphatic carbocycles. The minimum Gasteiger partial charge on any atom is -0.480 e. The van der Waals surface area contributed by atoms with Crippen molar-refractivity contribution >= 4 is 24.4 Å². The van der Waals surface area contributed by atoms with Crippen LogP contribution in [-0.4, -0.2) is 61.0 Å². The minimum atomic E-state index is -1.85. The van der Waals surface area contributed by atoms with Gasteiger partial charge in [0.1, 0.15) is 11.6 Å². The van der Waals surface area contributed by atoms with Crippen molar-refractivity contribution in [3.05, 3.63) is 23.8 Å². The Bertz CT molecular complexity index is 857. The lowest BCUT2D eigenvalue weighted by Crippen LogP contribution is -2.52. The second-order valence-corrected chi connectivity index (χ2v) is 7.22. The standard InChI is InChI=1S/C22H31NO11/c1-5-10-31-21(28)32-14(4)12-22(23,18(24)25)13-15-8-9-16(33-19(26)29-6-2)17(11-15)34-20(27)30-7-3/h8-9,11,14H,5-7,10,12-13,23H2,1-4H3,(H,24,25)/t14-,22?/m0/s1. The first-order chi connectivity index (χ1) is 16.0. The number of hydrogen-bond acceptors (Lipinski definition) is 11. The quantitative estimate of drug-likeness (QED) is 0.251. The maximum absolute atomic E-state index is 12.0. The van der Waals surface area contributed by atoms with Gasteiger partial charge >= 0.3 is 24.4 Å². The van der Waals surface area contributed by atoms with Crippen LogP contribution in [0.3, 0.4) is 0 Å². The van der Waals surface area contributed by atoms with Gasteiger partial charge in [-0.25, -0.2) is 14.4 Å². The van der Waals surface area contributed by atoms with Crippen LogP contribution in [0.4, 0.5) is 14.4 Å². The van der Waals surface area contributed by atoms with Crippen LogP contribution < -0.4 is 15.2 Å². The van der Waals surface area contributed by atoms with Crippen molar-refractivity contribution < 1.29 is 52.7 Å². The molecule has 0 aliphatic heterocycles. The first kappa shape index (κ1) is 28.5. The van der Waals surface area contributed by atoms with Crippen LogP contribution in [0.1, 0.15) is 46.1 Å². The Kier molecular flexibility index (Phi) is 11.6. The molecule has 34 heavy (non-hydrogen) atoms. The number of carbonyl (C=O) groups is 4. The number of hydrogen-bond donors (Lipinski definition) is 2. The summed E-state index contributed by atoms with van der Waals surface area (Å²) in [7, 11) is 0. The maximum atomic E-state index is 12.0. The van der Waals surface area contributed by atoms with Crippen molar-refractivity contribution in [1.29, 1.82) is 0 Å². The van der Waals surface area contributed by atoms with E-state index in [1.54, 1.807) is 13.8 Å². The molecule has 12 nitrogen and oxygen atoms in total. The van der Waals surface area contributed by atoms with Crippen LogP contribution in [0.2, 0.25) is 0 Å². The summed E-state index contributed by atoms with van der Waals surface area (Å²) in [6.07, 6.45) is -3.75. The van der Waals surface area contributed by atoms with Gasteiger partial charge in [-0.1, -0.05) is 13.0 Å². The van der Waals surface area contributed by atoms with E-state index < -0.39 is 36.1 Å². The van der Waals surface area contributed by atoms with E-state index >= 15 is 0 Å². The Morgan fingerprint density at radius 1 is 0.941 bits per heavy atom. The highest BCUT2D eigenvalue weighted by molar-refractivity contribution is 5.79. The first-order valence-electron chi connectivity index (χ1n) is 10.7. The maximum Gasteiger partial charge on any atom is 0.513 e. The van der Waals surface area contributed by atoms with Crippen molar-refractivity contribution in [2.75, 3.05) is 19.8 Å². The number of nitrogens with two attached hydrogens (primary N) is 1. The summed E-state index contributed by atoms with van der Waals surface area (Å²) < 4.78 is 29.5. The zero-order valence-corrected chi connectivity index (χ0v) is 19.7. The van der Waals surface area contributed by atoms with Gasteiger partial charge in [0.05, 0.1) is 19.8 Å². The van der Waals surface area contributed by atoms with Gasteiger partial charge in [0.2, 0.25) is 0 Å². The predicted octanol–water partition coefficient (Wildman–Crippen LogP) is 3.42. The Morgan fingerprint density at radius 2 is 1.53 bits per heavy atom. The third-order valence-corrected chi connectivity index (χ3v) is 4.24. The number of benzene rings is 1. The molecule has 12 heteroatoms. The van der Waals surface area contributed by atoms with E-state index in [0.29, 0.717) is 12.0 Å². The van der Waals surface area contributed by atoms with Crippen LogP contribution in [0.15, 0.2) is 18.2 Å². The van der Waals surface area contributed by atoms with E-state index in [1.807, 2.05) is 6.92 Å². The largest absolute Gasteiger partial charge is 0.513 e. The molecule has 1 aromatic carbocycles. The van der Waals surface area contributed by atoms with Gasteiger partial charge in [-0.3, -0.25) is 4.79 Å². The van der Waals surface area contributed by atoms with Gasteiger partial charge in [0, 0.05) is 12.8 Å². The summed E-state index contributed by atoms with van der Waals surface area (Å²) in [5, 5.41) is 9.75. The van der Waals surface area contributed by atoms with Gasteiger partial charge < -0.3 is 39.3 Å². The Labute approximate surface area is 197 Å². The molecule has 1 rings (SSSR count). The lowest BCUT2D eigenvalue weighted by atomic mass is 9.86. The smallest absolute Gasteiger partial charge is 0.480 e. The number of ether oxygens (including phenoxy) is 6. The molecule has 0 heterocycles. The molecule has 0 aliphatic rings. The predicted molar refractivity (Wildman–Crippen MR) is 117 cm³/mol. The van der Waals surface area contributed by atoms with Crippen molar-refractivity contribution in [3.63, 3.8) is 0 Å². The van der Waals surface area contributed by atoms with Crippen LogP contribution in [0.25, 0.3) is 0 Å². The topological polar surface area (TPSA) is 170 Å². The summed E-state index contributed by atoms with van der Waals surface area (Å²) in [5.74, 6) is -1.70. The fourth-order valence-corrected chi connectivity index (χ4v) is 2.84. The summed E-state index contributed by atoms with van der Waals surface area (Å²) in [6, 6.07) is 4.03. The summed E-state index contributed by atoms with van der Waals surface area (Å²) in [5.41, 5.74) is 4.62. The fraction of sp³-hybridized carbons (Fsp3) is 0.545. The molecule has 0 spiro atoms. The average Bonchev–Trinajstić information content (AvgIpc) is 2.74. The zero-order chi connectivity index (χ0) is 25.7. The van der Waals surface area contributed by atoms with Gasteiger partial charge in [-0.2, -0.15) is 0 Å². The molecule has 1 unspecified atom stereocenters. The van der Waals surface area contributed by atoms with E-state index in [9.17, 15) is 24.3 Å². The molecule has 0 amide bonds. The number of rotatable bonds is 12. The zero-order valence-electron chi connectivity index (χ0n) is 19.7. The molecule has 0 aromatic heterocycles. The third-order valence-electron chi connectivity index (χ3n) is 4.24. The SMILES string of the molecule is CCCOC(=O)O[C@@H](C)CC(N)(Cc1ccc(OC(=O)OCC)c(OC(=O)OCC)c1)C(=O)O. The van der Waals surface area contributed by atoms with Crippen LogP contribution in [0.5, 0.6) is 11.5 Å². The highest BCUT2D eigenvalue weighted by Crippen LogP contribution is 2.31. The number of carboxylic acid groups (broad SMARTS) is 1. The minimum absolute atomic E-state index is 0.0378. The summed E-state index contributed by atoms with van der Waals surface area (Å²) in [6.45, 7) is 6.73. The second kappa shape index (κ2) is 13.9. The number of aliphatic carboxylic acids is 1. The van der Waals surface area contributed by atoms with Crippen molar-refractivity contribution in [1.82, 2.24) is 0 Å². The van der Waals surface area contributed by atoms with E-state index in [-0.39, 0.29) is 44.2 Å². The van der Waals surface area contributed by atoms with Crippen LogP contribution in [0, 0.1) is 0 Å². The molecule has 3 N–H and O–H groups in total.